The van der Waals surface area contributed by atoms with E-state index in [9.17, 15) is 9.59 Å². The average molecular weight is 285 g/mol. The number of amides is 1. The normalized spacial score (nSPS) is 16.1. The molecule has 2 heterocycles. The van der Waals surface area contributed by atoms with E-state index in [1.54, 1.807) is 6.07 Å². The minimum absolute atomic E-state index is 0.0745. The van der Waals surface area contributed by atoms with Crippen LogP contribution in [0.5, 0.6) is 5.75 Å². The summed E-state index contributed by atoms with van der Waals surface area (Å²) in [5, 5.41) is 6.68. The van der Waals surface area contributed by atoms with Crippen molar-refractivity contribution < 1.29 is 9.53 Å². The van der Waals surface area contributed by atoms with Crippen LogP contribution in [0.1, 0.15) is 11.5 Å². The van der Waals surface area contributed by atoms with Crippen molar-refractivity contribution in [1.29, 1.82) is 0 Å². The molecular formula is C15H15N3O3. The maximum atomic E-state index is 11.9. The van der Waals surface area contributed by atoms with Gasteiger partial charge in [-0.1, -0.05) is 18.2 Å². The molecule has 108 valence electrons. The number of hydrogen-bond donors (Lipinski definition) is 1. The molecule has 3 rings (SSSR count). The lowest BCUT2D eigenvalue weighted by atomic mass is 10.0. The smallest absolute Gasteiger partial charge is 0.267 e. The zero-order valence-electron chi connectivity index (χ0n) is 11.4. The van der Waals surface area contributed by atoms with Crippen molar-refractivity contribution in [2.24, 2.45) is 0 Å². The molecule has 1 aromatic carbocycles. The number of nitrogens with zero attached hydrogens (tertiary/aromatic N) is 2. The van der Waals surface area contributed by atoms with Crippen molar-refractivity contribution >= 4 is 5.91 Å². The van der Waals surface area contributed by atoms with Crippen LogP contribution in [0.15, 0.2) is 47.4 Å². The van der Waals surface area contributed by atoms with Crippen molar-refractivity contribution in [1.82, 2.24) is 15.1 Å². The molecule has 2 aromatic rings. The van der Waals surface area contributed by atoms with Crippen LogP contribution in [0.2, 0.25) is 0 Å². The molecule has 0 radical (unpaired) electrons. The van der Waals surface area contributed by atoms with Gasteiger partial charge in [0.15, 0.2) is 0 Å². The molecule has 6 heteroatoms. The van der Waals surface area contributed by atoms with Gasteiger partial charge in [-0.25, -0.2) is 4.68 Å². The molecule has 0 saturated heterocycles. The summed E-state index contributed by atoms with van der Waals surface area (Å²) >= 11 is 0. The quantitative estimate of drug-likeness (QED) is 0.889. The van der Waals surface area contributed by atoms with E-state index in [1.807, 2.05) is 24.3 Å². The molecule has 1 aliphatic heterocycles. The van der Waals surface area contributed by atoms with Crippen LogP contribution in [-0.2, 0) is 11.3 Å². The first-order valence-electron chi connectivity index (χ1n) is 6.74. The summed E-state index contributed by atoms with van der Waals surface area (Å²) in [6.07, 6.45) is 1.48. The standard InChI is InChI=1S/C15H15N3O3/c19-14(9-18-15(20)6-3-7-17-18)16-8-11-10-21-13-5-2-1-4-12(11)13/h1-7,11H,8-10H2,(H,16,19)/t11-/m1/s1. The number of nitrogens with one attached hydrogen (secondary N) is 1. The van der Waals surface area contributed by atoms with Gasteiger partial charge in [-0.2, -0.15) is 5.10 Å². The van der Waals surface area contributed by atoms with E-state index >= 15 is 0 Å². The van der Waals surface area contributed by atoms with Gasteiger partial charge >= 0.3 is 0 Å². The topological polar surface area (TPSA) is 73.2 Å². The van der Waals surface area contributed by atoms with Gasteiger partial charge < -0.3 is 10.1 Å². The molecule has 21 heavy (non-hydrogen) atoms. The van der Waals surface area contributed by atoms with E-state index in [4.69, 9.17) is 4.74 Å². The predicted octanol–water partition coefficient (Wildman–Crippen LogP) is 0.536. The third kappa shape index (κ3) is 2.94. The first kappa shape index (κ1) is 13.4. The fraction of sp³-hybridized carbons (Fsp3) is 0.267. The number of aromatic nitrogens is 2. The predicted molar refractivity (Wildman–Crippen MR) is 76.2 cm³/mol. The number of hydrogen-bond acceptors (Lipinski definition) is 4. The summed E-state index contributed by atoms with van der Waals surface area (Å²) in [6, 6.07) is 10.7. The molecular weight excluding hydrogens is 270 g/mol. The van der Waals surface area contributed by atoms with Gasteiger partial charge in [-0.3, -0.25) is 9.59 Å². The summed E-state index contributed by atoms with van der Waals surface area (Å²) in [5.74, 6) is 0.781. The van der Waals surface area contributed by atoms with Crippen molar-refractivity contribution in [3.05, 3.63) is 58.5 Å². The van der Waals surface area contributed by atoms with Crippen LogP contribution >= 0.6 is 0 Å². The Morgan fingerprint density at radius 3 is 3.05 bits per heavy atom. The van der Waals surface area contributed by atoms with Gasteiger partial charge in [0.05, 0.1) is 6.61 Å². The lowest BCUT2D eigenvalue weighted by Crippen LogP contribution is -2.35. The fourth-order valence-electron chi connectivity index (χ4n) is 2.33. The monoisotopic (exact) mass is 285 g/mol. The molecule has 1 N–H and O–H groups in total. The van der Waals surface area contributed by atoms with Gasteiger partial charge in [0.25, 0.3) is 5.56 Å². The Labute approximate surface area is 121 Å². The lowest BCUT2D eigenvalue weighted by Gasteiger charge is -2.10. The number of benzene rings is 1. The van der Waals surface area contributed by atoms with E-state index in [0.717, 1.165) is 16.0 Å². The molecule has 1 atom stereocenters. The zero-order chi connectivity index (χ0) is 14.7. The van der Waals surface area contributed by atoms with Gasteiger partial charge in [-0.15, -0.1) is 0 Å². The van der Waals surface area contributed by atoms with Crippen LogP contribution in [0.4, 0.5) is 0 Å². The average Bonchev–Trinajstić information content (AvgIpc) is 2.91. The number of rotatable bonds is 4. The summed E-state index contributed by atoms with van der Waals surface area (Å²) in [5.41, 5.74) is 0.815. The van der Waals surface area contributed by atoms with Crippen molar-refractivity contribution in [2.45, 2.75) is 12.5 Å². The number of fused-ring (bicyclic) bond motifs is 1. The molecule has 0 bridgehead atoms. The van der Waals surface area contributed by atoms with Crippen LogP contribution in [0.3, 0.4) is 0 Å². The van der Waals surface area contributed by atoms with Crippen LogP contribution in [0.25, 0.3) is 0 Å². The third-order valence-corrected chi connectivity index (χ3v) is 3.42. The Balaban J connectivity index is 1.58. The Bertz CT molecular complexity index is 711. The Kier molecular flexibility index (Phi) is 3.68. The SMILES string of the molecule is O=C(Cn1ncccc1=O)NC[C@@H]1COc2ccccc21. The van der Waals surface area contributed by atoms with Crippen LogP contribution < -0.4 is 15.6 Å². The highest BCUT2D eigenvalue weighted by Crippen LogP contribution is 2.32. The van der Waals surface area contributed by atoms with E-state index < -0.39 is 0 Å². The summed E-state index contributed by atoms with van der Waals surface area (Å²) in [7, 11) is 0. The number of ether oxygens (including phenoxy) is 1. The second kappa shape index (κ2) is 5.78. The molecule has 0 fully saturated rings. The highest BCUT2D eigenvalue weighted by molar-refractivity contribution is 5.75. The van der Waals surface area contributed by atoms with Crippen LogP contribution in [0, 0.1) is 0 Å². The van der Waals surface area contributed by atoms with E-state index in [2.05, 4.69) is 10.4 Å². The van der Waals surface area contributed by atoms with E-state index in [1.165, 1.54) is 12.3 Å². The van der Waals surface area contributed by atoms with Crippen molar-refractivity contribution in [3.63, 3.8) is 0 Å². The minimum atomic E-state index is -0.290. The molecule has 0 saturated carbocycles. The maximum absolute atomic E-state index is 11.9. The highest BCUT2D eigenvalue weighted by Gasteiger charge is 2.23. The molecule has 1 aromatic heterocycles. The Morgan fingerprint density at radius 2 is 2.19 bits per heavy atom. The molecule has 1 amide bonds. The maximum Gasteiger partial charge on any atom is 0.267 e. The third-order valence-electron chi connectivity index (χ3n) is 3.42. The highest BCUT2D eigenvalue weighted by atomic mass is 16.5. The molecule has 0 spiro atoms. The summed E-state index contributed by atoms with van der Waals surface area (Å²) < 4.78 is 6.70. The second-order valence-corrected chi connectivity index (χ2v) is 4.87. The van der Waals surface area contributed by atoms with Crippen molar-refractivity contribution in [3.8, 4) is 5.75 Å². The Morgan fingerprint density at radius 1 is 1.33 bits per heavy atom. The minimum Gasteiger partial charge on any atom is -0.493 e. The summed E-state index contributed by atoms with van der Waals surface area (Å²) in [4.78, 5) is 23.4. The number of para-hydroxylation sites is 1. The molecule has 0 aliphatic carbocycles. The van der Waals surface area contributed by atoms with Gasteiger partial charge in [-0.05, 0) is 12.1 Å². The lowest BCUT2D eigenvalue weighted by molar-refractivity contribution is -0.122. The second-order valence-electron chi connectivity index (χ2n) is 4.87. The van der Waals surface area contributed by atoms with Gasteiger partial charge in [0.2, 0.25) is 5.91 Å². The number of carbonyl (C=O) groups excluding carboxylic acids is 1. The molecule has 6 nitrogen and oxygen atoms in total. The fourth-order valence-corrected chi connectivity index (χ4v) is 2.33. The van der Waals surface area contributed by atoms with E-state index in [0.29, 0.717) is 13.2 Å². The van der Waals surface area contributed by atoms with Gasteiger partial charge in [0.1, 0.15) is 12.3 Å². The molecule has 1 aliphatic rings. The zero-order valence-corrected chi connectivity index (χ0v) is 11.4. The van der Waals surface area contributed by atoms with Crippen molar-refractivity contribution in [2.75, 3.05) is 13.2 Å². The van der Waals surface area contributed by atoms with E-state index in [-0.39, 0.29) is 23.9 Å². The number of carbonyl (C=O) groups is 1. The summed E-state index contributed by atoms with van der Waals surface area (Å²) in [6.45, 7) is 0.968. The first-order valence-corrected chi connectivity index (χ1v) is 6.74. The molecule has 0 unspecified atom stereocenters. The largest absolute Gasteiger partial charge is 0.493 e. The first-order chi connectivity index (χ1) is 10.2. The Hall–Kier alpha value is -2.63. The van der Waals surface area contributed by atoms with Gasteiger partial charge in [0, 0.05) is 30.3 Å². The van der Waals surface area contributed by atoms with Crippen LogP contribution in [-0.4, -0.2) is 28.8 Å².